The number of aliphatic hydroxyl groups is 1. The Labute approximate surface area is 177 Å². The predicted octanol–water partition coefficient (Wildman–Crippen LogP) is 3.69. The maximum Gasteiger partial charge on any atom is 0.123 e. The Morgan fingerprint density at radius 1 is 1.03 bits per heavy atom. The molecule has 0 amide bonds. The first kappa shape index (κ1) is 21.8. The summed E-state index contributed by atoms with van der Waals surface area (Å²) in [4.78, 5) is 2.18. The molecule has 5 heteroatoms. The molecular weight excluding hydrogens is 379 g/mol. The zero-order valence-corrected chi connectivity index (χ0v) is 17.0. The first-order valence-electron chi connectivity index (χ1n) is 9.98. The van der Waals surface area contributed by atoms with Gasteiger partial charge in [0.25, 0.3) is 0 Å². The Balaban J connectivity index is 1.71. The van der Waals surface area contributed by atoms with E-state index in [9.17, 15) is 9.50 Å². The molecule has 2 aromatic carbocycles. The van der Waals surface area contributed by atoms with Crippen molar-refractivity contribution in [3.63, 3.8) is 0 Å². The average Bonchev–Trinajstić information content (AvgIpc) is 3.15. The van der Waals surface area contributed by atoms with E-state index in [1.807, 2.05) is 36.5 Å². The van der Waals surface area contributed by atoms with Crippen molar-refractivity contribution in [3.05, 3.63) is 95.6 Å². The number of aliphatic hydroxyl groups excluding tert-OH is 1. The summed E-state index contributed by atoms with van der Waals surface area (Å²) >= 11 is 0. The zero-order chi connectivity index (χ0) is 21.2. The lowest BCUT2D eigenvalue weighted by Gasteiger charge is -2.26. The van der Waals surface area contributed by atoms with Crippen LogP contribution in [0.4, 0.5) is 4.39 Å². The largest absolute Gasteiger partial charge is 0.389 e. The molecular formula is C25H27FN2O2. The van der Waals surface area contributed by atoms with Gasteiger partial charge in [0.15, 0.2) is 0 Å². The number of aromatic nitrogens is 1. The van der Waals surface area contributed by atoms with Crippen LogP contribution in [-0.4, -0.2) is 40.4 Å². The zero-order valence-electron chi connectivity index (χ0n) is 17.0. The summed E-state index contributed by atoms with van der Waals surface area (Å²) < 4.78 is 20.9. The maximum atomic E-state index is 13.6. The normalized spacial score (nSPS) is 12.1. The van der Waals surface area contributed by atoms with Crippen LogP contribution in [0.3, 0.4) is 0 Å². The highest BCUT2D eigenvalue weighted by atomic mass is 19.1. The molecule has 4 nitrogen and oxygen atoms in total. The van der Waals surface area contributed by atoms with E-state index in [2.05, 4.69) is 33.6 Å². The first-order valence-corrected chi connectivity index (χ1v) is 9.98. The van der Waals surface area contributed by atoms with Gasteiger partial charge in [-0.25, -0.2) is 4.39 Å². The Kier molecular flexibility index (Phi) is 8.22. The summed E-state index contributed by atoms with van der Waals surface area (Å²) in [5.41, 5.74) is 3.16. The molecule has 0 aliphatic carbocycles. The Bertz CT molecular complexity index is 949. The molecule has 0 fully saturated rings. The van der Waals surface area contributed by atoms with Crippen LogP contribution in [0, 0.1) is 18.2 Å². The van der Waals surface area contributed by atoms with Crippen molar-refractivity contribution in [2.75, 3.05) is 19.8 Å². The minimum absolute atomic E-state index is 0.187. The number of halogens is 1. The van der Waals surface area contributed by atoms with Gasteiger partial charge in [0.05, 0.1) is 12.7 Å². The first-order chi connectivity index (χ1) is 14.6. The number of terminal acetylenes is 1. The maximum absolute atomic E-state index is 13.6. The van der Waals surface area contributed by atoms with Crippen molar-refractivity contribution in [1.29, 1.82) is 0 Å². The smallest absolute Gasteiger partial charge is 0.123 e. The summed E-state index contributed by atoms with van der Waals surface area (Å²) in [7, 11) is 0. The Morgan fingerprint density at radius 3 is 2.60 bits per heavy atom. The molecule has 0 saturated heterocycles. The molecule has 0 unspecified atom stereocenters. The average molecular weight is 407 g/mol. The third-order valence-corrected chi connectivity index (χ3v) is 4.76. The molecule has 0 aliphatic heterocycles. The van der Waals surface area contributed by atoms with Gasteiger partial charge < -0.3 is 14.4 Å². The fraction of sp³-hybridized carbons (Fsp3) is 0.280. The standard InChI is InChI=1S/C25H27FN2O2/c1-2-14-30-20-25(29)19-27(16-21-8-4-3-5-9-21)18-24-12-7-13-28(24)17-22-10-6-11-23(26)15-22/h1,3-13,15,25,29H,14,16-20H2/t25-/m0/s1. The van der Waals surface area contributed by atoms with Crippen LogP contribution >= 0.6 is 0 Å². The third-order valence-electron chi connectivity index (χ3n) is 4.76. The second kappa shape index (κ2) is 11.3. The summed E-state index contributed by atoms with van der Waals surface area (Å²) in [6.07, 6.45) is 6.55. The fourth-order valence-corrected chi connectivity index (χ4v) is 3.44. The van der Waals surface area contributed by atoms with E-state index in [4.69, 9.17) is 11.2 Å². The second-order valence-corrected chi connectivity index (χ2v) is 7.29. The number of hydrogen-bond acceptors (Lipinski definition) is 3. The lowest BCUT2D eigenvalue weighted by Crippen LogP contribution is -2.35. The van der Waals surface area contributed by atoms with Gasteiger partial charge in [-0.15, -0.1) is 6.42 Å². The van der Waals surface area contributed by atoms with E-state index in [-0.39, 0.29) is 19.0 Å². The topological polar surface area (TPSA) is 37.6 Å². The van der Waals surface area contributed by atoms with Crippen molar-refractivity contribution < 1.29 is 14.2 Å². The van der Waals surface area contributed by atoms with Gasteiger partial charge in [-0.05, 0) is 35.4 Å². The highest BCUT2D eigenvalue weighted by Crippen LogP contribution is 2.14. The third kappa shape index (κ3) is 6.85. The van der Waals surface area contributed by atoms with Gasteiger partial charge >= 0.3 is 0 Å². The van der Waals surface area contributed by atoms with Gasteiger partial charge in [-0.3, -0.25) is 4.90 Å². The molecule has 1 aromatic heterocycles. The van der Waals surface area contributed by atoms with E-state index < -0.39 is 6.10 Å². The molecule has 3 aromatic rings. The molecule has 0 bridgehead atoms. The molecule has 30 heavy (non-hydrogen) atoms. The van der Waals surface area contributed by atoms with Crippen LogP contribution in [0.1, 0.15) is 16.8 Å². The van der Waals surface area contributed by atoms with Crippen LogP contribution in [0.5, 0.6) is 0 Å². The Hall–Kier alpha value is -2.91. The number of benzene rings is 2. The summed E-state index contributed by atoms with van der Waals surface area (Å²) in [5, 5.41) is 10.4. The Morgan fingerprint density at radius 2 is 1.83 bits per heavy atom. The van der Waals surface area contributed by atoms with Crippen LogP contribution in [0.2, 0.25) is 0 Å². The molecule has 0 aliphatic rings. The van der Waals surface area contributed by atoms with Crippen molar-refractivity contribution in [2.24, 2.45) is 0 Å². The molecule has 0 saturated carbocycles. The molecule has 0 spiro atoms. The van der Waals surface area contributed by atoms with E-state index in [1.54, 1.807) is 12.1 Å². The number of ether oxygens (including phenoxy) is 1. The summed E-state index contributed by atoms with van der Waals surface area (Å²) in [6.45, 7) is 2.76. The fourth-order valence-electron chi connectivity index (χ4n) is 3.44. The van der Waals surface area contributed by atoms with E-state index in [0.717, 1.165) is 16.8 Å². The van der Waals surface area contributed by atoms with Crippen LogP contribution in [-0.2, 0) is 24.4 Å². The summed E-state index contributed by atoms with van der Waals surface area (Å²) in [5.74, 6) is 2.18. The SMILES string of the molecule is C#CCOC[C@@H](O)CN(Cc1ccccc1)Cc1cccn1Cc1cccc(F)c1. The van der Waals surface area contributed by atoms with Crippen molar-refractivity contribution in [3.8, 4) is 12.3 Å². The minimum atomic E-state index is -0.645. The second-order valence-electron chi connectivity index (χ2n) is 7.29. The molecule has 1 N–H and O–H groups in total. The molecule has 1 heterocycles. The van der Waals surface area contributed by atoms with Crippen LogP contribution < -0.4 is 0 Å². The van der Waals surface area contributed by atoms with Crippen molar-refractivity contribution in [2.45, 2.75) is 25.7 Å². The lowest BCUT2D eigenvalue weighted by molar-refractivity contribution is 0.0239. The summed E-state index contributed by atoms with van der Waals surface area (Å²) in [6, 6.07) is 20.8. The van der Waals surface area contributed by atoms with Crippen LogP contribution in [0.25, 0.3) is 0 Å². The van der Waals surface area contributed by atoms with Gasteiger partial charge in [-0.2, -0.15) is 0 Å². The van der Waals surface area contributed by atoms with E-state index in [1.165, 1.54) is 6.07 Å². The molecule has 1 atom stereocenters. The van der Waals surface area contributed by atoms with Gasteiger partial charge in [0, 0.05) is 38.1 Å². The molecule has 0 radical (unpaired) electrons. The van der Waals surface area contributed by atoms with Gasteiger partial charge in [-0.1, -0.05) is 48.4 Å². The number of nitrogens with zero attached hydrogens (tertiary/aromatic N) is 2. The monoisotopic (exact) mass is 406 g/mol. The van der Waals surface area contributed by atoms with Crippen molar-refractivity contribution >= 4 is 0 Å². The minimum Gasteiger partial charge on any atom is -0.389 e. The predicted molar refractivity (Wildman–Crippen MR) is 116 cm³/mol. The van der Waals surface area contributed by atoms with E-state index in [0.29, 0.717) is 26.2 Å². The van der Waals surface area contributed by atoms with E-state index >= 15 is 0 Å². The molecule has 3 rings (SSSR count). The highest BCUT2D eigenvalue weighted by Gasteiger charge is 2.15. The lowest BCUT2D eigenvalue weighted by atomic mass is 10.2. The van der Waals surface area contributed by atoms with Gasteiger partial charge in [0.1, 0.15) is 12.4 Å². The highest BCUT2D eigenvalue weighted by molar-refractivity contribution is 5.19. The van der Waals surface area contributed by atoms with Crippen molar-refractivity contribution in [1.82, 2.24) is 9.47 Å². The quantitative estimate of drug-likeness (QED) is 0.390. The van der Waals surface area contributed by atoms with Crippen LogP contribution in [0.15, 0.2) is 72.9 Å². The number of rotatable bonds is 11. The number of hydrogen-bond donors (Lipinski definition) is 1. The van der Waals surface area contributed by atoms with Gasteiger partial charge in [0.2, 0.25) is 0 Å². The molecule has 156 valence electrons.